The van der Waals surface area contributed by atoms with Crippen molar-refractivity contribution in [3.63, 3.8) is 0 Å². The molecule has 0 atom stereocenters. The largest absolute Gasteiger partial charge is 0.487 e. The van der Waals surface area contributed by atoms with E-state index >= 15 is 0 Å². The van der Waals surface area contributed by atoms with Gasteiger partial charge in [-0.2, -0.15) is 26.0 Å². The molecule has 0 spiro atoms. The van der Waals surface area contributed by atoms with Crippen molar-refractivity contribution in [2.45, 2.75) is 54.4 Å². The van der Waals surface area contributed by atoms with Crippen LogP contribution < -0.4 is 9.47 Å². The van der Waals surface area contributed by atoms with Gasteiger partial charge in [-0.3, -0.25) is 0 Å². The van der Waals surface area contributed by atoms with Crippen molar-refractivity contribution in [2.75, 3.05) is 0 Å². The zero-order valence-corrected chi connectivity index (χ0v) is 29.2. The second-order valence-corrected chi connectivity index (χ2v) is 11.8. The minimum absolute atomic E-state index is 0.000324. The third-order valence-electron chi connectivity index (χ3n) is 8.55. The van der Waals surface area contributed by atoms with E-state index in [1.807, 2.05) is 113 Å². The topological polar surface area (TPSA) is 146 Å². The van der Waals surface area contributed by atoms with Gasteiger partial charge in [0.05, 0.1) is 52.4 Å². The zero-order valence-electron chi connectivity index (χ0n) is 29.2. The molecule has 2 aromatic heterocycles. The van der Waals surface area contributed by atoms with Crippen LogP contribution in [0.4, 0.5) is 0 Å². The van der Waals surface area contributed by atoms with E-state index in [9.17, 15) is 15.6 Å². The van der Waals surface area contributed by atoms with E-state index in [1.54, 1.807) is 21.5 Å². The van der Waals surface area contributed by atoms with Crippen molar-refractivity contribution in [1.82, 2.24) is 19.6 Å². The lowest BCUT2D eigenvalue weighted by atomic mass is 10.0. The third-order valence-corrected chi connectivity index (χ3v) is 8.55. The van der Waals surface area contributed by atoms with Gasteiger partial charge in [-0.05, 0) is 99.3 Å². The highest BCUT2D eigenvalue weighted by molar-refractivity contribution is 5.49. The lowest BCUT2D eigenvalue weighted by Crippen LogP contribution is -2.08. The van der Waals surface area contributed by atoms with Crippen LogP contribution in [0.5, 0.6) is 11.5 Å². The van der Waals surface area contributed by atoms with Crippen LogP contribution in [0.15, 0.2) is 91.0 Å². The van der Waals surface area contributed by atoms with Crippen LogP contribution in [-0.2, 0) is 19.8 Å². The van der Waals surface area contributed by atoms with Crippen molar-refractivity contribution in [2.24, 2.45) is 0 Å². The molecule has 0 bridgehead atoms. The lowest BCUT2D eigenvalue weighted by molar-refractivity contribution is 0.279. The Labute approximate surface area is 297 Å². The number of ether oxygens (including phenoxy) is 2. The Morgan fingerprint density at radius 2 is 1.10 bits per heavy atom. The van der Waals surface area contributed by atoms with E-state index in [2.05, 4.69) is 28.4 Å². The summed E-state index contributed by atoms with van der Waals surface area (Å²) in [6.45, 7) is 9.85. The Morgan fingerprint density at radius 1 is 0.608 bits per heavy atom. The molecule has 1 N–H and O–H groups in total. The molecule has 0 aliphatic carbocycles. The normalized spacial score (nSPS) is 10.3. The highest BCUT2D eigenvalue weighted by Gasteiger charge is 2.19. The monoisotopic (exact) mass is 675 g/mol. The van der Waals surface area contributed by atoms with Gasteiger partial charge in [-0.1, -0.05) is 48.5 Å². The van der Waals surface area contributed by atoms with E-state index in [0.29, 0.717) is 39.5 Å². The molecule has 6 aromatic rings. The molecular formula is C41H37N7O3. The summed E-state index contributed by atoms with van der Waals surface area (Å²) in [7, 11) is 0. The molecule has 0 aliphatic rings. The van der Waals surface area contributed by atoms with E-state index in [-0.39, 0.29) is 19.8 Å². The van der Waals surface area contributed by atoms with Crippen molar-refractivity contribution in [3.05, 3.63) is 153 Å². The van der Waals surface area contributed by atoms with Gasteiger partial charge in [-0.25, -0.2) is 9.36 Å². The molecule has 0 aliphatic heterocycles. The average Bonchev–Trinajstić information content (AvgIpc) is 3.66. The number of hydrogen-bond donors (Lipinski definition) is 1. The van der Waals surface area contributed by atoms with Crippen molar-refractivity contribution < 1.29 is 14.6 Å². The predicted octanol–water partition coefficient (Wildman–Crippen LogP) is 7.55. The number of aliphatic hydroxyl groups excluding tert-OH is 1. The van der Waals surface area contributed by atoms with Crippen LogP contribution in [-0.4, -0.2) is 24.7 Å². The Balaban J connectivity index is 0.000000198. The summed E-state index contributed by atoms with van der Waals surface area (Å²) >= 11 is 0. The van der Waals surface area contributed by atoms with Gasteiger partial charge in [0.1, 0.15) is 48.0 Å². The Kier molecular flexibility index (Phi) is 11.3. The second kappa shape index (κ2) is 16.2. The van der Waals surface area contributed by atoms with Gasteiger partial charge in [0, 0.05) is 0 Å². The Hall–Kier alpha value is -6.67. The van der Waals surface area contributed by atoms with Gasteiger partial charge >= 0.3 is 0 Å². The summed E-state index contributed by atoms with van der Waals surface area (Å²) in [6, 6.07) is 35.1. The Morgan fingerprint density at radius 3 is 1.55 bits per heavy atom. The molecule has 6 rings (SSSR count). The number of para-hydroxylation sites is 2. The maximum atomic E-state index is 9.53. The summed E-state index contributed by atoms with van der Waals surface area (Å²) in [5, 5.41) is 46.4. The molecule has 4 aromatic carbocycles. The molecule has 0 fully saturated rings. The molecule has 254 valence electrons. The fourth-order valence-electron chi connectivity index (χ4n) is 5.61. The highest BCUT2D eigenvalue weighted by atomic mass is 16.5. The molecule has 0 saturated heterocycles. The van der Waals surface area contributed by atoms with Crippen LogP contribution in [0.3, 0.4) is 0 Å². The fraction of sp³-hybridized carbons (Fsp3) is 0.195. The van der Waals surface area contributed by atoms with Gasteiger partial charge in [-0.15, -0.1) is 0 Å². The van der Waals surface area contributed by atoms with Gasteiger partial charge in [0.15, 0.2) is 0 Å². The SMILES string of the molecule is Cc1cc(CO)ccc1OCc1c(C#N)c(C)nn1-c1ccccc1.Cc1nn(-c2ccccc2)c(COc2ccc(C#N)c(C)c2C)c1C#N. The summed E-state index contributed by atoms with van der Waals surface area (Å²) < 4.78 is 15.5. The molecule has 10 heteroatoms. The van der Waals surface area contributed by atoms with Gasteiger partial charge in [0.25, 0.3) is 0 Å². The molecule has 0 amide bonds. The maximum Gasteiger partial charge on any atom is 0.132 e. The number of aliphatic hydroxyl groups is 1. The summed E-state index contributed by atoms with van der Waals surface area (Å²) in [6.07, 6.45) is 0. The van der Waals surface area contributed by atoms with Crippen LogP contribution in [0, 0.1) is 68.6 Å². The van der Waals surface area contributed by atoms with E-state index < -0.39 is 0 Å². The standard InChI is InChI=1S/C21H18N4O.C20H19N3O2/c1-14-15(2)21(10-9-17(14)11-22)26-13-20-19(12-23)16(3)24-25(20)18-7-5-4-6-8-18;1-14-10-16(12-24)8-9-20(14)25-13-19-18(11-21)15(2)22-23(19)17-6-4-3-5-7-17/h4-10H,13H2,1-3H3;3-10,24H,12-13H2,1-2H3. The molecule has 2 heterocycles. The van der Waals surface area contributed by atoms with Crippen molar-refractivity contribution in [3.8, 4) is 41.1 Å². The highest BCUT2D eigenvalue weighted by Crippen LogP contribution is 2.27. The molecule has 51 heavy (non-hydrogen) atoms. The molecule has 10 nitrogen and oxygen atoms in total. The first-order valence-corrected chi connectivity index (χ1v) is 16.2. The van der Waals surface area contributed by atoms with Crippen LogP contribution >= 0.6 is 0 Å². The molecule has 0 saturated carbocycles. The minimum atomic E-state index is -0.000324. The maximum absolute atomic E-state index is 9.53. The third kappa shape index (κ3) is 7.81. The summed E-state index contributed by atoms with van der Waals surface area (Å²) in [4.78, 5) is 0. The quantitative estimate of drug-likeness (QED) is 0.165. The molecule has 0 unspecified atom stereocenters. The smallest absolute Gasteiger partial charge is 0.132 e. The number of rotatable bonds is 9. The average molecular weight is 676 g/mol. The Bertz CT molecular complexity index is 2290. The molecular weight excluding hydrogens is 638 g/mol. The van der Waals surface area contributed by atoms with Crippen molar-refractivity contribution in [1.29, 1.82) is 15.8 Å². The number of nitriles is 3. The van der Waals surface area contributed by atoms with Crippen LogP contribution in [0.1, 0.15) is 61.7 Å². The first kappa shape index (κ1) is 35.6. The molecule has 0 radical (unpaired) electrons. The predicted molar refractivity (Wildman–Crippen MR) is 192 cm³/mol. The number of nitrogens with zero attached hydrogens (tertiary/aromatic N) is 7. The number of benzene rings is 4. The fourth-order valence-corrected chi connectivity index (χ4v) is 5.61. The van der Waals surface area contributed by atoms with E-state index in [1.165, 1.54) is 0 Å². The summed E-state index contributed by atoms with van der Waals surface area (Å²) in [5.41, 5.74) is 9.84. The first-order chi connectivity index (χ1) is 24.7. The number of aryl methyl sites for hydroxylation is 3. The number of aromatic nitrogens is 4. The van der Waals surface area contributed by atoms with Gasteiger partial charge in [0.2, 0.25) is 0 Å². The minimum Gasteiger partial charge on any atom is -0.487 e. The summed E-state index contributed by atoms with van der Waals surface area (Å²) in [5.74, 6) is 1.42. The van der Waals surface area contributed by atoms with Crippen molar-refractivity contribution >= 4 is 0 Å². The first-order valence-electron chi connectivity index (χ1n) is 16.2. The lowest BCUT2D eigenvalue weighted by Gasteiger charge is -2.13. The van der Waals surface area contributed by atoms with Gasteiger partial charge < -0.3 is 14.6 Å². The van der Waals surface area contributed by atoms with E-state index in [0.717, 1.165) is 45.1 Å². The van der Waals surface area contributed by atoms with Crippen LogP contribution in [0.25, 0.3) is 11.4 Å². The zero-order chi connectivity index (χ0) is 36.5. The van der Waals surface area contributed by atoms with E-state index in [4.69, 9.17) is 14.7 Å². The second-order valence-electron chi connectivity index (χ2n) is 11.8. The number of hydrogen-bond acceptors (Lipinski definition) is 8. The van der Waals surface area contributed by atoms with Crippen LogP contribution in [0.2, 0.25) is 0 Å².